The first-order valence-corrected chi connectivity index (χ1v) is 8.16. The van der Waals surface area contributed by atoms with Crippen molar-refractivity contribution in [2.45, 2.75) is 0 Å². The molecule has 2 aromatic carbocycles. The molecule has 1 heterocycles. The van der Waals surface area contributed by atoms with E-state index in [1.165, 1.54) is 37.5 Å². The second-order valence-corrected chi connectivity index (χ2v) is 6.15. The van der Waals surface area contributed by atoms with Gasteiger partial charge in [0.15, 0.2) is 10.9 Å². The summed E-state index contributed by atoms with van der Waals surface area (Å²) in [5.41, 5.74) is 0.365. The third kappa shape index (κ3) is 3.72. The number of halogens is 1. The number of nitro benzene ring substituents is 1. The van der Waals surface area contributed by atoms with Gasteiger partial charge in [0.05, 0.1) is 16.9 Å². The lowest BCUT2D eigenvalue weighted by atomic mass is 10.1. The van der Waals surface area contributed by atoms with Crippen LogP contribution in [0.25, 0.3) is 6.08 Å². The summed E-state index contributed by atoms with van der Waals surface area (Å²) in [4.78, 5) is 27.0. The van der Waals surface area contributed by atoms with Crippen molar-refractivity contribution in [2.75, 3.05) is 7.11 Å². The van der Waals surface area contributed by atoms with Crippen molar-refractivity contribution in [1.29, 1.82) is 0 Å². The maximum Gasteiger partial charge on any atom is 0.311 e. The summed E-state index contributed by atoms with van der Waals surface area (Å²) in [5.74, 6) is -0.788. The van der Waals surface area contributed by atoms with E-state index in [1.807, 2.05) is 0 Å². The van der Waals surface area contributed by atoms with Gasteiger partial charge in [-0.3, -0.25) is 14.9 Å². The number of ether oxygens (including phenoxy) is 1. The number of aliphatic imine (C=N–C) groups is 1. The smallest absolute Gasteiger partial charge is 0.311 e. The van der Waals surface area contributed by atoms with Crippen molar-refractivity contribution in [3.05, 3.63) is 68.9 Å². The average Bonchev–Trinajstić information content (AvgIpc) is 2.96. The summed E-state index contributed by atoms with van der Waals surface area (Å²) in [6.07, 6.45) is 1.50. The first-order chi connectivity index (χ1) is 12.5. The fourth-order valence-electron chi connectivity index (χ4n) is 2.22. The van der Waals surface area contributed by atoms with E-state index < -0.39 is 16.6 Å². The van der Waals surface area contributed by atoms with Crippen LogP contribution in [-0.4, -0.2) is 23.1 Å². The second kappa shape index (κ2) is 7.36. The number of amidine groups is 1. The molecule has 132 valence electrons. The lowest BCUT2D eigenvalue weighted by molar-refractivity contribution is -0.385. The van der Waals surface area contributed by atoms with Gasteiger partial charge in [-0.25, -0.2) is 9.38 Å². The number of thioether (sulfide) groups is 1. The lowest BCUT2D eigenvalue weighted by Gasteiger charge is -2.02. The van der Waals surface area contributed by atoms with Crippen LogP contribution < -0.4 is 10.1 Å². The zero-order chi connectivity index (χ0) is 18.7. The van der Waals surface area contributed by atoms with Gasteiger partial charge in [-0.15, -0.1) is 0 Å². The molecule has 3 rings (SSSR count). The van der Waals surface area contributed by atoms with Crippen LogP contribution in [0.5, 0.6) is 5.75 Å². The van der Waals surface area contributed by atoms with Gasteiger partial charge < -0.3 is 10.1 Å². The van der Waals surface area contributed by atoms with Crippen molar-refractivity contribution in [1.82, 2.24) is 5.32 Å². The number of benzene rings is 2. The summed E-state index contributed by atoms with van der Waals surface area (Å²) in [5, 5.41) is 13.9. The van der Waals surface area contributed by atoms with Gasteiger partial charge in [0.1, 0.15) is 11.5 Å². The molecule has 1 aliphatic heterocycles. The lowest BCUT2D eigenvalue weighted by Crippen LogP contribution is -2.19. The quantitative estimate of drug-likeness (QED) is 0.502. The highest BCUT2D eigenvalue weighted by atomic mass is 32.2. The number of nitrogens with zero attached hydrogens (tertiary/aromatic N) is 2. The Balaban J connectivity index is 1.89. The molecule has 0 unspecified atom stereocenters. The minimum absolute atomic E-state index is 0.108. The molecular formula is C17H12FN3O4S. The summed E-state index contributed by atoms with van der Waals surface area (Å²) >= 11 is 1.02. The number of carbonyl (C=O) groups is 1. The number of carbonyl (C=O) groups excluding carboxylic acids is 1. The van der Waals surface area contributed by atoms with Gasteiger partial charge in [0.25, 0.3) is 5.91 Å². The van der Waals surface area contributed by atoms with E-state index in [-0.39, 0.29) is 22.3 Å². The fourth-order valence-corrected chi connectivity index (χ4v) is 3.06. The largest absolute Gasteiger partial charge is 0.490 e. The molecule has 1 aliphatic rings. The molecular weight excluding hydrogens is 361 g/mol. The van der Waals surface area contributed by atoms with Crippen LogP contribution in [0.3, 0.4) is 0 Å². The Hall–Kier alpha value is -3.20. The predicted molar refractivity (Wildman–Crippen MR) is 96.9 cm³/mol. The molecule has 0 aromatic heterocycles. The maximum absolute atomic E-state index is 13.7. The van der Waals surface area contributed by atoms with E-state index in [0.29, 0.717) is 10.5 Å². The highest BCUT2D eigenvalue weighted by molar-refractivity contribution is 8.18. The average molecular weight is 373 g/mol. The SMILES string of the molecule is COc1ccc(/C=C2\SC(=Nc3ccccc3F)NC2=O)cc1[N+](=O)[O-]. The van der Waals surface area contributed by atoms with Crippen molar-refractivity contribution in [3.63, 3.8) is 0 Å². The van der Waals surface area contributed by atoms with E-state index in [4.69, 9.17) is 4.74 Å². The van der Waals surface area contributed by atoms with Crippen molar-refractivity contribution in [2.24, 2.45) is 4.99 Å². The van der Waals surface area contributed by atoms with E-state index in [9.17, 15) is 19.3 Å². The Morgan fingerprint density at radius 2 is 2.08 bits per heavy atom. The number of methoxy groups -OCH3 is 1. The van der Waals surface area contributed by atoms with Crippen molar-refractivity contribution in [3.8, 4) is 5.75 Å². The number of nitrogens with one attached hydrogen (secondary N) is 1. The predicted octanol–water partition coefficient (Wildman–Crippen LogP) is 3.63. The van der Waals surface area contributed by atoms with Gasteiger partial charge in [-0.1, -0.05) is 18.2 Å². The zero-order valence-corrected chi connectivity index (χ0v) is 14.2. The van der Waals surface area contributed by atoms with Crippen LogP contribution in [0.4, 0.5) is 15.8 Å². The van der Waals surface area contributed by atoms with Crippen LogP contribution >= 0.6 is 11.8 Å². The van der Waals surface area contributed by atoms with Gasteiger partial charge in [0, 0.05) is 6.07 Å². The maximum atomic E-state index is 13.7. The molecule has 0 spiro atoms. The molecule has 0 aliphatic carbocycles. The Morgan fingerprint density at radius 1 is 1.31 bits per heavy atom. The van der Waals surface area contributed by atoms with E-state index in [0.717, 1.165) is 11.8 Å². The van der Waals surface area contributed by atoms with E-state index in [2.05, 4.69) is 10.3 Å². The highest BCUT2D eigenvalue weighted by Crippen LogP contribution is 2.32. The molecule has 1 N–H and O–H groups in total. The minimum Gasteiger partial charge on any atom is -0.490 e. The highest BCUT2D eigenvalue weighted by Gasteiger charge is 2.24. The molecule has 26 heavy (non-hydrogen) atoms. The van der Waals surface area contributed by atoms with Gasteiger partial charge >= 0.3 is 5.69 Å². The Labute approximate surface area is 151 Å². The second-order valence-electron chi connectivity index (χ2n) is 5.12. The Morgan fingerprint density at radius 3 is 2.77 bits per heavy atom. The molecule has 1 amide bonds. The molecule has 7 nitrogen and oxygen atoms in total. The van der Waals surface area contributed by atoms with Crippen LogP contribution in [-0.2, 0) is 4.79 Å². The number of amides is 1. The molecule has 1 saturated heterocycles. The Bertz CT molecular complexity index is 959. The number of rotatable bonds is 4. The molecule has 9 heteroatoms. The minimum atomic E-state index is -0.562. The number of nitro groups is 1. The number of hydrogen-bond donors (Lipinski definition) is 1. The van der Waals surface area contributed by atoms with Gasteiger partial charge in [0.2, 0.25) is 0 Å². The van der Waals surface area contributed by atoms with Crippen LogP contribution in [0, 0.1) is 15.9 Å². The first kappa shape index (κ1) is 17.6. The molecule has 0 saturated carbocycles. The molecule has 2 aromatic rings. The zero-order valence-electron chi connectivity index (χ0n) is 13.4. The van der Waals surface area contributed by atoms with Gasteiger partial charge in [-0.05, 0) is 41.6 Å². The molecule has 0 radical (unpaired) electrons. The number of hydrogen-bond acceptors (Lipinski definition) is 6. The monoisotopic (exact) mass is 373 g/mol. The third-order valence-corrected chi connectivity index (χ3v) is 4.33. The summed E-state index contributed by atoms with van der Waals surface area (Å²) in [6.45, 7) is 0. The van der Waals surface area contributed by atoms with E-state index >= 15 is 0 Å². The summed E-state index contributed by atoms with van der Waals surface area (Å²) in [6, 6.07) is 10.3. The van der Waals surface area contributed by atoms with Gasteiger partial charge in [-0.2, -0.15) is 0 Å². The topological polar surface area (TPSA) is 93.8 Å². The standard InChI is InChI=1S/C17H12FN3O4S/c1-25-14-7-6-10(8-13(14)21(23)24)9-15-16(22)20-17(26-15)19-12-5-3-2-4-11(12)18/h2-9H,1H3,(H,19,20,22)/b15-9-. The fraction of sp³-hybridized carbons (Fsp3) is 0.0588. The molecule has 0 atom stereocenters. The van der Waals surface area contributed by atoms with Crippen LogP contribution in [0.1, 0.15) is 5.56 Å². The molecule has 0 bridgehead atoms. The summed E-state index contributed by atoms with van der Waals surface area (Å²) < 4.78 is 18.6. The van der Waals surface area contributed by atoms with Crippen LogP contribution in [0.2, 0.25) is 0 Å². The van der Waals surface area contributed by atoms with Crippen molar-refractivity contribution < 1.29 is 18.8 Å². The molecule has 1 fully saturated rings. The Kier molecular flexibility index (Phi) is 4.99. The third-order valence-electron chi connectivity index (χ3n) is 3.42. The normalized spacial score (nSPS) is 16.8. The number of para-hydroxylation sites is 1. The summed E-state index contributed by atoms with van der Waals surface area (Å²) in [7, 11) is 1.34. The van der Waals surface area contributed by atoms with E-state index in [1.54, 1.807) is 18.2 Å². The van der Waals surface area contributed by atoms with Crippen LogP contribution in [0.15, 0.2) is 52.4 Å². The first-order valence-electron chi connectivity index (χ1n) is 7.34. The van der Waals surface area contributed by atoms with Crippen molar-refractivity contribution >= 4 is 40.3 Å².